The molecule has 0 aliphatic carbocycles. The van der Waals surface area contributed by atoms with E-state index in [-0.39, 0.29) is 5.91 Å². The number of hydrazone groups is 1. The number of rotatable bonds is 4. The molecule has 0 fully saturated rings. The van der Waals surface area contributed by atoms with Gasteiger partial charge in [0.1, 0.15) is 0 Å². The maximum absolute atomic E-state index is 12.0. The molecule has 0 atom stereocenters. The fourth-order valence-corrected chi connectivity index (χ4v) is 3.20. The quantitative estimate of drug-likeness (QED) is 0.524. The minimum atomic E-state index is -0.355. The van der Waals surface area contributed by atoms with E-state index in [2.05, 4.69) is 36.7 Å². The van der Waals surface area contributed by atoms with Gasteiger partial charge >= 0.3 is 0 Å². The fraction of sp³-hybridized carbons (Fsp3) is 0.0625. The zero-order valence-corrected chi connectivity index (χ0v) is 14.6. The second-order valence-corrected chi connectivity index (χ2v) is 7.03. The molecule has 23 heavy (non-hydrogen) atoms. The molecular formula is C16H13BrN4OS. The van der Waals surface area contributed by atoms with Crippen molar-refractivity contribution in [3.8, 4) is 10.6 Å². The summed E-state index contributed by atoms with van der Waals surface area (Å²) in [4.78, 5) is 14.3. The second-order valence-electron chi connectivity index (χ2n) is 4.83. The SMILES string of the molecule is Cc1ccc(-c2cc(C(=O)N/N=C/c3cccc(Br)c3)n[nH]2)s1. The van der Waals surface area contributed by atoms with Crippen LogP contribution in [0.5, 0.6) is 0 Å². The van der Waals surface area contributed by atoms with Gasteiger partial charge in [-0.1, -0.05) is 28.1 Å². The summed E-state index contributed by atoms with van der Waals surface area (Å²) in [5.41, 5.74) is 4.49. The van der Waals surface area contributed by atoms with Crippen LogP contribution in [0, 0.1) is 6.92 Å². The third-order valence-electron chi connectivity index (χ3n) is 3.04. The van der Waals surface area contributed by atoms with Crippen LogP contribution in [0.1, 0.15) is 20.9 Å². The molecule has 0 aliphatic heterocycles. The van der Waals surface area contributed by atoms with Crippen LogP contribution in [0.15, 0.2) is 52.0 Å². The summed E-state index contributed by atoms with van der Waals surface area (Å²) in [6.45, 7) is 2.04. The third kappa shape index (κ3) is 3.94. The average Bonchev–Trinajstić information content (AvgIpc) is 3.16. The third-order valence-corrected chi connectivity index (χ3v) is 4.57. The van der Waals surface area contributed by atoms with Crippen LogP contribution in [-0.2, 0) is 0 Å². The first-order chi connectivity index (χ1) is 11.1. The molecule has 0 bridgehead atoms. The van der Waals surface area contributed by atoms with Gasteiger partial charge in [-0.2, -0.15) is 10.2 Å². The van der Waals surface area contributed by atoms with Gasteiger partial charge in [0.25, 0.3) is 5.91 Å². The Morgan fingerprint density at radius 3 is 2.96 bits per heavy atom. The minimum absolute atomic E-state index is 0.303. The van der Waals surface area contributed by atoms with Gasteiger partial charge in [0, 0.05) is 9.35 Å². The van der Waals surface area contributed by atoms with Crippen molar-refractivity contribution >= 4 is 39.4 Å². The maximum atomic E-state index is 12.0. The summed E-state index contributed by atoms with van der Waals surface area (Å²) in [5, 5.41) is 10.9. The standard InChI is InChI=1S/C16H13BrN4OS/c1-10-5-6-15(23-10)13-8-14(20-19-13)16(22)21-18-9-11-3-2-4-12(17)7-11/h2-9H,1H3,(H,19,20)(H,21,22)/b18-9+. The van der Waals surface area contributed by atoms with Gasteiger partial charge in [0.15, 0.2) is 5.69 Å². The number of hydrogen-bond acceptors (Lipinski definition) is 4. The van der Waals surface area contributed by atoms with E-state index in [0.717, 1.165) is 20.6 Å². The summed E-state index contributed by atoms with van der Waals surface area (Å²) in [5.74, 6) is -0.355. The number of benzene rings is 1. The van der Waals surface area contributed by atoms with Crippen molar-refractivity contribution in [1.29, 1.82) is 0 Å². The smallest absolute Gasteiger partial charge is 0.276 e. The average molecular weight is 389 g/mol. The van der Waals surface area contributed by atoms with Gasteiger partial charge in [-0.3, -0.25) is 9.89 Å². The second kappa shape index (κ2) is 6.89. The highest BCUT2D eigenvalue weighted by Gasteiger charge is 2.11. The Morgan fingerprint density at radius 1 is 1.35 bits per heavy atom. The van der Waals surface area contributed by atoms with Crippen molar-refractivity contribution in [1.82, 2.24) is 15.6 Å². The van der Waals surface area contributed by atoms with Crippen LogP contribution in [0.4, 0.5) is 0 Å². The first kappa shape index (κ1) is 15.6. The first-order valence-corrected chi connectivity index (χ1v) is 8.44. The topological polar surface area (TPSA) is 70.1 Å². The molecule has 2 N–H and O–H groups in total. The number of H-pyrrole nitrogens is 1. The summed E-state index contributed by atoms with van der Waals surface area (Å²) >= 11 is 5.03. The van der Waals surface area contributed by atoms with Crippen LogP contribution in [-0.4, -0.2) is 22.3 Å². The molecule has 5 nitrogen and oxygen atoms in total. The van der Waals surface area contributed by atoms with Gasteiger partial charge in [-0.15, -0.1) is 11.3 Å². The van der Waals surface area contributed by atoms with E-state index >= 15 is 0 Å². The Morgan fingerprint density at radius 2 is 2.22 bits per heavy atom. The number of aromatic nitrogens is 2. The van der Waals surface area contributed by atoms with E-state index in [1.807, 2.05) is 43.3 Å². The normalized spacial score (nSPS) is 11.0. The Balaban J connectivity index is 1.66. The predicted molar refractivity (Wildman–Crippen MR) is 95.8 cm³/mol. The van der Waals surface area contributed by atoms with Crippen LogP contribution in [0.3, 0.4) is 0 Å². The molecule has 7 heteroatoms. The molecule has 0 saturated carbocycles. The highest BCUT2D eigenvalue weighted by Crippen LogP contribution is 2.26. The highest BCUT2D eigenvalue weighted by molar-refractivity contribution is 9.10. The summed E-state index contributed by atoms with van der Waals surface area (Å²) in [7, 11) is 0. The van der Waals surface area contributed by atoms with Crippen LogP contribution in [0.25, 0.3) is 10.6 Å². The molecule has 1 amide bonds. The first-order valence-electron chi connectivity index (χ1n) is 6.83. The van der Waals surface area contributed by atoms with Crippen molar-refractivity contribution in [2.75, 3.05) is 0 Å². The molecule has 0 radical (unpaired) electrons. The Labute approximate surface area is 145 Å². The van der Waals surface area contributed by atoms with E-state index in [9.17, 15) is 4.79 Å². The lowest BCUT2D eigenvalue weighted by Crippen LogP contribution is -2.17. The van der Waals surface area contributed by atoms with E-state index < -0.39 is 0 Å². The van der Waals surface area contributed by atoms with Crippen LogP contribution >= 0.6 is 27.3 Å². The molecule has 0 spiro atoms. The van der Waals surface area contributed by atoms with Crippen molar-refractivity contribution < 1.29 is 4.79 Å². The monoisotopic (exact) mass is 388 g/mol. The number of aromatic amines is 1. The molecule has 2 aromatic heterocycles. The number of carbonyl (C=O) groups excluding carboxylic acids is 1. The lowest BCUT2D eigenvalue weighted by Gasteiger charge is -1.96. The van der Waals surface area contributed by atoms with Gasteiger partial charge in [0.05, 0.1) is 16.8 Å². The lowest BCUT2D eigenvalue weighted by molar-refractivity contribution is 0.0950. The number of halogens is 1. The number of amides is 1. The Kier molecular flexibility index (Phi) is 4.68. The highest BCUT2D eigenvalue weighted by atomic mass is 79.9. The van der Waals surface area contributed by atoms with Crippen LogP contribution in [0.2, 0.25) is 0 Å². The number of nitrogens with zero attached hydrogens (tertiary/aromatic N) is 2. The molecule has 0 saturated heterocycles. The number of nitrogens with one attached hydrogen (secondary N) is 2. The molecule has 116 valence electrons. The molecule has 0 aliphatic rings. The number of thiophene rings is 1. The number of carbonyl (C=O) groups is 1. The molecule has 0 unspecified atom stereocenters. The fourth-order valence-electron chi connectivity index (χ4n) is 1.95. The van der Waals surface area contributed by atoms with Crippen LogP contribution < -0.4 is 5.43 Å². The van der Waals surface area contributed by atoms with E-state index in [1.165, 1.54) is 4.88 Å². The molecule has 3 rings (SSSR count). The van der Waals surface area contributed by atoms with Gasteiger partial charge in [-0.25, -0.2) is 5.43 Å². The molecule has 2 heterocycles. The largest absolute Gasteiger partial charge is 0.291 e. The molecule has 1 aromatic carbocycles. The van der Waals surface area contributed by atoms with Crippen molar-refractivity contribution in [2.45, 2.75) is 6.92 Å². The van der Waals surface area contributed by atoms with Crippen molar-refractivity contribution in [3.05, 3.63) is 63.1 Å². The van der Waals surface area contributed by atoms with Crippen molar-refractivity contribution in [3.63, 3.8) is 0 Å². The summed E-state index contributed by atoms with van der Waals surface area (Å²) in [6, 6.07) is 13.4. The maximum Gasteiger partial charge on any atom is 0.291 e. The van der Waals surface area contributed by atoms with Gasteiger partial charge in [0.2, 0.25) is 0 Å². The number of hydrogen-bond donors (Lipinski definition) is 2. The molecular weight excluding hydrogens is 376 g/mol. The van der Waals surface area contributed by atoms with Gasteiger partial charge in [-0.05, 0) is 42.8 Å². The summed E-state index contributed by atoms with van der Waals surface area (Å²) in [6.07, 6.45) is 1.58. The Bertz CT molecular complexity index is 868. The molecule has 3 aromatic rings. The zero-order valence-electron chi connectivity index (χ0n) is 12.2. The lowest BCUT2D eigenvalue weighted by atomic mass is 10.2. The van der Waals surface area contributed by atoms with E-state index in [4.69, 9.17) is 0 Å². The van der Waals surface area contributed by atoms with Crippen molar-refractivity contribution in [2.24, 2.45) is 5.10 Å². The van der Waals surface area contributed by atoms with E-state index in [1.54, 1.807) is 23.6 Å². The van der Waals surface area contributed by atoms with E-state index in [0.29, 0.717) is 5.69 Å². The summed E-state index contributed by atoms with van der Waals surface area (Å²) < 4.78 is 0.955. The minimum Gasteiger partial charge on any atom is -0.276 e. The predicted octanol–water partition coefficient (Wildman–Crippen LogP) is 3.97. The zero-order chi connectivity index (χ0) is 16.2. The Hall–Kier alpha value is -2.25. The van der Waals surface area contributed by atoms with Gasteiger partial charge < -0.3 is 0 Å². The number of aryl methyl sites for hydroxylation is 1.